The number of aliphatic hydroxyl groups excluding tert-OH is 1. The fourth-order valence-corrected chi connectivity index (χ4v) is 4.59. The number of halogens is 1. The van der Waals surface area contributed by atoms with Crippen LogP contribution in [0.5, 0.6) is 5.88 Å². The quantitative estimate of drug-likeness (QED) is 0.732. The van der Waals surface area contributed by atoms with E-state index < -0.39 is 6.04 Å². The van der Waals surface area contributed by atoms with Gasteiger partial charge in [0.05, 0.1) is 17.0 Å². The lowest BCUT2D eigenvalue weighted by atomic mass is 9.99. The van der Waals surface area contributed by atoms with Gasteiger partial charge < -0.3 is 10.2 Å². The summed E-state index contributed by atoms with van der Waals surface area (Å²) in [5.41, 5.74) is 0.513. The SMILES string of the molecule is CCc1nc2sc(C(c3ccccc3F)N3CCC(O)CC3)c(O)n2n1. The molecule has 8 heteroatoms. The van der Waals surface area contributed by atoms with E-state index >= 15 is 0 Å². The molecule has 3 heterocycles. The van der Waals surface area contributed by atoms with Gasteiger partial charge in [0, 0.05) is 25.1 Å². The molecule has 1 unspecified atom stereocenters. The van der Waals surface area contributed by atoms with Crippen molar-refractivity contribution in [1.29, 1.82) is 0 Å². The van der Waals surface area contributed by atoms with Crippen molar-refractivity contribution < 1.29 is 14.6 Å². The molecule has 0 amide bonds. The third-order valence-electron chi connectivity index (χ3n) is 4.87. The Bertz CT molecular complexity index is 917. The predicted octanol–water partition coefficient (Wildman–Crippen LogP) is 2.74. The third-order valence-corrected chi connectivity index (χ3v) is 5.94. The summed E-state index contributed by atoms with van der Waals surface area (Å²) in [4.78, 5) is 7.77. The van der Waals surface area contributed by atoms with Crippen LogP contribution in [0.25, 0.3) is 4.96 Å². The highest BCUT2D eigenvalue weighted by atomic mass is 32.1. The Morgan fingerprint density at radius 1 is 1.31 bits per heavy atom. The van der Waals surface area contributed by atoms with Crippen molar-refractivity contribution in [3.8, 4) is 5.88 Å². The lowest BCUT2D eigenvalue weighted by molar-refractivity contribution is 0.0683. The lowest BCUT2D eigenvalue weighted by Crippen LogP contribution is -2.39. The van der Waals surface area contributed by atoms with Crippen LogP contribution in [0.3, 0.4) is 0 Å². The summed E-state index contributed by atoms with van der Waals surface area (Å²) in [5, 5.41) is 24.9. The Balaban J connectivity index is 1.81. The second-order valence-electron chi connectivity index (χ2n) is 6.56. The Kier molecular flexibility index (Phi) is 4.64. The van der Waals surface area contributed by atoms with Crippen LogP contribution in [0.15, 0.2) is 24.3 Å². The van der Waals surface area contributed by atoms with Crippen molar-refractivity contribution in [2.24, 2.45) is 0 Å². The van der Waals surface area contributed by atoms with E-state index in [1.807, 2.05) is 6.92 Å². The Hall–Kier alpha value is -2.03. The number of aromatic nitrogens is 3. The summed E-state index contributed by atoms with van der Waals surface area (Å²) >= 11 is 1.33. The molecule has 0 radical (unpaired) electrons. The molecule has 0 saturated carbocycles. The van der Waals surface area contributed by atoms with Crippen molar-refractivity contribution >= 4 is 16.3 Å². The molecule has 2 N–H and O–H groups in total. The van der Waals surface area contributed by atoms with Gasteiger partial charge in [0.2, 0.25) is 10.8 Å². The minimum absolute atomic E-state index is 0.0107. The van der Waals surface area contributed by atoms with Crippen LogP contribution in [-0.2, 0) is 6.42 Å². The van der Waals surface area contributed by atoms with E-state index in [2.05, 4.69) is 15.0 Å². The van der Waals surface area contributed by atoms with E-state index in [1.165, 1.54) is 21.9 Å². The van der Waals surface area contributed by atoms with E-state index in [4.69, 9.17) is 0 Å². The first-order valence-corrected chi connectivity index (χ1v) is 9.64. The second-order valence-corrected chi connectivity index (χ2v) is 7.57. The molecule has 1 aliphatic rings. The molecule has 1 fully saturated rings. The smallest absolute Gasteiger partial charge is 0.230 e. The van der Waals surface area contributed by atoms with Crippen LogP contribution in [-0.4, -0.2) is 48.9 Å². The monoisotopic (exact) mass is 376 g/mol. The molecule has 4 rings (SSSR count). The van der Waals surface area contributed by atoms with Crippen LogP contribution in [0.2, 0.25) is 0 Å². The number of nitrogens with zero attached hydrogens (tertiary/aromatic N) is 4. The minimum atomic E-state index is -0.428. The van der Waals surface area contributed by atoms with E-state index in [9.17, 15) is 14.6 Å². The average molecular weight is 376 g/mol. The van der Waals surface area contributed by atoms with Gasteiger partial charge in [-0.25, -0.2) is 9.37 Å². The molecule has 1 atom stereocenters. The van der Waals surface area contributed by atoms with Gasteiger partial charge in [-0.15, -0.1) is 5.10 Å². The third kappa shape index (κ3) is 2.98. The van der Waals surface area contributed by atoms with Crippen LogP contribution < -0.4 is 0 Å². The fraction of sp³-hybridized carbons (Fsp3) is 0.444. The Labute approximate surface area is 154 Å². The lowest BCUT2D eigenvalue weighted by Gasteiger charge is -2.36. The van der Waals surface area contributed by atoms with Crippen LogP contribution in [0.1, 0.15) is 42.1 Å². The molecule has 6 nitrogen and oxygen atoms in total. The highest BCUT2D eigenvalue weighted by molar-refractivity contribution is 7.17. The number of fused-ring (bicyclic) bond motifs is 1. The van der Waals surface area contributed by atoms with E-state index in [0.717, 1.165) is 0 Å². The number of benzene rings is 1. The Morgan fingerprint density at radius 2 is 2.04 bits per heavy atom. The van der Waals surface area contributed by atoms with Gasteiger partial charge in [-0.05, 0) is 18.9 Å². The van der Waals surface area contributed by atoms with E-state index in [1.54, 1.807) is 18.2 Å². The normalized spacial score (nSPS) is 17.8. The molecule has 0 aliphatic carbocycles. The summed E-state index contributed by atoms with van der Waals surface area (Å²) in [6.07, 6.45) is 1.62. The molecule has 1 saturated heterocycles. The van der Waals surface area contributed by atoms with Crippen molar-refractivity contribution in [2.75, 3.05) is 13.1 Å². The maximum absolute atomic E-state index is 14.6. The maximum atomic E-state index is 14.6. The average Bonchev–Trinajstić information content (AvgIpc) is 3.18. The predicted molar refractivity (Wildman–Crippen MR) is 97.0 cm³/mol. The number of thiazole rings is 1. The topological polar surface area (TPSA) is 73.9 Å². The highest BCUT2D eigenvalue weighted by Gasteiger charge is 2.33. The summed E-state index contributed by atoms with van der Waals surface area (Å²) < 4.78 is 16.0. The number of piperidine rings is 1. The molecule has 0 bridgehead atoms. The summed E-state index contributed by atoms with van der Waals surface area (Å²) in [7, 11) is 0. The molecule has 138 valence electrons. The fourth-order valence-electron chi connectivity index (χ4n) is 3.46. The van der Waals surface area contributed by atoms with Gasteiger partial charge in [-0.1, -0.05) is 36.5 Å². The number of hydrogen-bond donors (Lipinski definition) is 2. The summed E-state index contributed by atoms with van der Waals surface area (Å²) in [6, 6.07) is 6.21. The van der Waals surface area contributed by atoms with Gasteiger partial charge in [-0.3, -0.25) is 4.90 Å². The van der Waals surface area contributed by atoms with Crippen molar-refractivity contribution in [3.05, 3.63) is 46.3 Å². The van der Waals surface area contributed by atoms with Gasteiger partial charge in [0.1, 0.15) is 5.82 Å². The summed E-state index contributed by atoms with van der Waals surface area (Å²) in [5.74, 6) is 0.370. The zero-order chi connectivity index (χ0) is 18.3. The van der Waals surface area contributed by atoms with E-state index in [-0.39, 0.29) is 17.8 Å². The maximum Gasteiger partial charge on any atom is 0.230 e. The van der Waals surface area contributed by atoms with Crippen molar-refractivity contribution in [2.45, 2.75) is 38.3 Å². The number of rotatable bonds is 4. The second kappa shape index (κ2) is 6.94. The standard InChI is InChI=1S/C18H21FN4O2S/c1-2-14-20-18-23(21-14)17(25)16(26-18)15(12-5-3-4-6-13(12)19)22-9-7-11(24)8-10-22/h3-6,11,15,24-25H,2,7-10H2,1H3. The summed E-state index contributed by atoms with van der Waals surface area (Å²) in [6.45, 7) is 3.22. The number of likely N-dealkylation sites (tertiary alicyclic amines) is 1. The first-order chi connectivity index (χ1) is 12.6. The minimum Gasteiger partial charge on any atom is -0.492 e. The molecule has 1 aromatic carbocycles. The zero-order valence-corrected chi connectivity index (χ0v) is 15.3. The van der Waals surface area contributed by atoms with Crippen molar-refractivity contribution in [3.63, 3.8) is 0 Å². The van der Waals surface area contributed by atoms with E-state index in [0.29, 0.717) is 53.6 Å². The number of hydrogen-bond acceptors (Lipinski definition) is 6. The number of aryl methyl sites for hydroxylation is 1. The first-order valence-electron chi connectivity index (χ1n) is 8.82. The molecule has 2 aromatic heterocycles. The molecular formula is C18H21FN4O2S. The molecule has 26 heavy (non-hydrogen) atoms. The largest absolute Gasteiger partial charge is 0.492 e. The highest BCUT2D eigenvalue weighted by Crippen LogP contribution is 2.41. The first kappa shape index (κ1) is 17.4. The van der Waals surface area contributed by atoms with Crippen LogP contribution in [0.4, 0.5) is 4.39 Å². The molecular weight excluding hydrogens is 355 g/mol. The van der Waals surface area contributed by atoms with Crippen molar-refractivity contribution in [1.82, 2.24) is 19.5 Å². The Morgan fingerprint density at radius 3 is 2.69 bits per heavy atom. The van der Waals surface area contributed by atoms with Crippen LogP contribution in [0, 0.1) is 5.82 Å². The number of aromatic hydroxyl groups is 1. The van der Waals surface area contributed by atoms with Gasteiger partial charge >= 0.3 is 0 Å². The zero-order valence-electron chi connectivity index (χ0n) is 14.5. The van der Waals surface area contributed by atoms with Gasteiger partial charge in [0.15, 0.2) is 5.82 Å². The van der Waals surface area contributed by atoms with Gasteiger partial charge in [0.25, 0.3) is 0 Å². The molecule has 1 aliphatic heterocycles. The molecule has 0 spiro atoms. The van der Waals surface area contributed by atoms with Gasteiger partial charge in [-0.2, -0.15) is 4.52 Å². The number of aliphatic hydroxyl groups is 1. The van der Waals surface area contributed by atoms with Crippen LogP contribution >= 0.6 is 11.3 Å². The molecule has 3 aromatic rings.